The first-order valence-corrected chi connectivity index (χ1v) is 6.51. The average Bonchev–Trinajstić information content (AvgIpc) is 2.40. The Hall–Kier alpha value is -1.39. The van der Waals surface area contributed by atoms with E-state index in [-0.39, 0.29) is 5.82 Å². The summed E-state index contributed by atoms with van der Waals surface area (Å²) in [4.78, 5) is 2.15. The van der Waals surface area contributed by atoms with Crippen LogP contribution in [0.15, 0.2) is 29.8 Å². The molecule has 0 radical (unpaired) electrons. The molecule has 1 aliphatic rings. The first kappa shape index (κ1) is 14.0. The lowest BCUT2D eigenvalue weighted by Gasteiger charge is -2.30. The van der Waals surface area contributed by atoms with Crippen LogP contribution in [0.3, 0.4) is 0 Å². The van der Waals surface area contributed by atoms with Gasteiger partial charge in [-0.2, -0.15) is 0 Å². The molecule has 1 aliphatic heterocycles. The summed E-state index contributed by atoms with van der Waals surface area (Å²) in [5, 5.41) is 9.77. The number of aliphatic hydroxyl groups is 1. The van der Waals surface area contributed by atoms with E-state index in [4.69, 9.17) is 4.74 Å². The van der Waals surface area contributed by atoms with Crippen LogP contribution in [-0.4, -0.2) is 31.9 Å². The van der Waals surface area contributed by atoms with Crippen LogP contribution in [-0.2, 0) is 4.74 Å². The molecule has 1 unspecified atom stereocenters. The van der Waals surface area contributed by atoms with Gasteiger partial charge in [-0.15, -0.1) is 0 Å². The quantitative estimate of drug-likeness (QED) is 0.850. The zero-order valence-corrected chi connectivity index (χ0v) is 11.4. The van der Waals surface area contributed by atoms with E-state index in [1.54, 1.807) is 20.1 Å². The van der Waals surface area contributed by atoms with Gasteiger partial charge in [0.1, 0.15) is 5.82 Å². The van der Waals surface area contributed by atoms with Gasteiger partial charge in [0.2, 0.25) is 0 Å². The van der Waals surface area contributed by atoms with Crippen LogP contribution < -0.4 is 4.90 Å². The molecule has 1 atom stereocenters. The van der Waals surface area contributed by atoms with Gasteiger partial charge in [0.15, 0.2) is 0 Å². The standard InChI is InChI=1S/C15H20FNO2/c1-11(18)14-9-13(16)3-4-15(14)17-7-5-12(6-8-17)10-19-2/h3-5,9,11,18H,6-8,10H2,1-2H3. The van der Waals surface area contributed by atoms with E-state index in [9.17, 15) is 9.50 Å². The maximum Gasteiger partial charge on any atom is 0.123 e. The normalized spacial score (nSPS) is 17.3. The van der Waals surface area contributed by atoms with Gasteiger partial charge in [-0.1, -0.05) is 6.08 Å². The molecule has 3 nitrogen and oxygen atoms in total. The fraction of sp³-hybridized carbons (Fsp3) is 0.467. The van der Waals surface area contributed by atoms with Gasteiger partial charge in [0.05, 0.1) is 12.7 Å². The molecule has 1 N–H and O–H groups in total. The molecule has 0 saturated heterocycles. The number of methoxy groups -OCH3 is 1. The van der Waals surface area contributed by atoms with Gasteiger partial charge in [0, 0.05) is 31.5 Å². The molecule has 0 bridgehead atoms. The molecular weight excluding hydrogens is 245 g/mol. The Morgan fingerprint density at radius 1 is 1.47 bits per heavy atom. The Morgan fingerprint density at radius 3 is 2.84 bits per heavy atom. The van der Waals surface area contributed by atoms with Crippen molar-refractivity contribution in [1.29, 1.82) is 0 Å². The van der Waals surface area contributed by atoms with Gasteiger partial charge in [0.25, 0.3) is 0 Å². The molecule has 1 aromatic carbocycles. The van der Waals surface area contributed by atoms with Gasteiger partial charge >= 0.3 is 0 Å². The highest BCUT2D eigenvalue weighted by Gasteiger charge is 2.17. The summed E-state index contributed by atoms with van der Waals surface area (Å²) >= 11 is 0. The fourth-order valence-corrected chi connectivity index (χ4v) is 2.39. The van der Waals surface area contributed by atoms with Crippen molar-refractivity contribution >= 4 is 5.69 Å². The Bertz CT molecular complexity index is 471. The molecule has 104 valence electrons. The third kappa shape index (κ3) is 3.33. The van der Waals surface area contributed by atoms with Crippen LogP contribution in [0, 0.1) is 5.82 Å². The average molecular weight is 265 g/mol. The highest BCUT2D eigenvalue weighted by atomic mass is 19.1. The number of rotatable bonds is 4. The minimum Gasteiger partial charge on any atom is -0.389 e. The van der Waals surface area contributed by atoms with Crippen LogP contribution in [0.1, 0.15) is 25.0 Å². The molecule has 0 spiro atoms. The van der Waals surface area contributed by atoms with Crippen LogP contribution in [0.4, 0.5) is 10.1 Å². The number of anilines is 1. The van der Waals surface area contributed by atoms with E-state index < -0.39 is 6.10 Å². The number of hydrogen-bond acceptors (Lipinski definition) is 3. The van der Waals surface area contributed by atoms with E-state index in [0.717, 1.165) is 25.2 Å². The zero-order chi connectivity index (χ0) is 13.8. The van der Waals surface area contributed by atoms with Crippen molar-refractivity contribution < 1.29 is 14.2 Å². The second-order valence-corrected chi connectivity index (χ2v) is 4.87. The fourth-order valence-electron chi connectivity index (χ4n) is 2.39. The van der Waals surface area contributed by atoms with E-state index in [1.807, 2.05) is 0 Å². The molecule has 0 fully saturated rings. The Kier molecular flexibility index (Phi) is 4.56. The summed E-state index contributed by atoms with van der Waals surface area (Å²) < 4.78 is 18.4. The lowest BCUT2D eigenvalue weighted by atomic mass is 10.0. The summed E-state index contributed by atoms with van der Waals surface area (Å²) in [6.07, 6.45) is 2.40. The van der Waals surface area contributed by atoms with E-state index in [0.29, 0.717) is 12.2 Å². The van der Waals surface area contributed by atoms with Crippen molar-refractivity contribution in [1.82, 2.24) is 0 Å². The predicted octanol–water partition coefficient (Wildman–Crippen LogP) is 2.66. The first-order chi connectivity index (χ1) is 9.11. The highest BCUT2D eigenvalue weighted by Crippen LogP contribution is 2.29. The highest BCUT2D eigenvalue weighted by molar-refractivity contribution is 5.56. The molecule has 19 heavy (non-hydrogen) atoms. The summed E-state index contributed by atoms with van der Waals surface area (Å²) in [5.41, 5.74) is 2.84. The summed E-state index contributed by atoms with van der Waals surface area (Å²) in [6, 6.07) is 4.59. The number of ether oxygens (including phenoxy) is 1. The van der Waals surface area contributed by atoms with Crippen LogP contribution in [0.5, 0.6) is 0 Å². The van der Waals surface area contributed by atoms with Crippen molar-refractivity contribution in [3.63, 3.8) is 0 Å². The molecule has 0 aromatic heterocycles. The molecule has 1 heterocycles. The van der Waals surface area contributed by atoms with Crippen molar-refractivity contribution in [3.8, 4) is 0 Å². The Balaban J connectivity index is 2.19. The van der Waals surface area contributed by atoms with Gasteiger partial charge in [-0.05, 0) is 37.1 Å². The van der Waals surface area contributed by atoms with Crippen molar-refractivity contribution in [2.75, 3.05) is 31.7 Å². The van der Waals surface area contributed by atoms with Crippen LogP contribution >= 0.6 is 0 Å². The summed E-state index contributed by atoms with van der Waals surface area (Å²) in [6.45, 7) is 3.96. The lowest BCUT2D eigenvalue weighted by Crippen LogP contribution is -2.30. The van der Waals surface area contributed by atoms with Crippen molar-refractivity contribution in [2.45, 2.75) is 19.4 Å². The number of benzene rings is 1. The molecule has 0 aliphatic carbocycles. The van der Waals surface area contributed by atoms with Crippen molar-refractivity contribution in [3.05, 3.63) is 41.2 Å². The van der Waals surface area contributed by atoms with Crippen molar-refractivity contribution in [2.24, 2.45) is 0 Å². The minimum atomic E-state index is -0.671. The van der Waals surface area contributed by atoms with Crippen LogP contribution in [0.25, 0.3) is 0 Å². The molecule has 0 saturated carbocycles. The minimum absolute atomic E-state index is 0.313. The van der Waals surface area contributed by atoms with Crippen LogP contribution in [0.2, 0.25) is 0 Å². The smallest absolute Gasteiger partial charge is 0.123 e. The van der Waals surface area contributed by atoms with Gasteiger partial charge in [-0.3, -0.25) is 0 Å². The van der Waals surface area contributed by atoms with E-state index >= 15 is 0 Å². The monoisotopic (exact) mass is 265 g/mol. The van der Waals surface area contributed by atoms with E-state index in [2.05, 4.69) is 11.0 Å². The molecule has 4 heteroatoms. The number of nitrogens with zero attached hydrogens (tertiary/aromatic N) is 1. The summed E-state index contributed by atoms with van der Waals surface area (Å²) in [5.74, 6) is -0.313. The second kappa shape index (κ2) is 6.17. The summed E-state index contributed by atoms with van der Waals surface area (Å²) in [7, 11) is 1.69. The lowest BCUT2D eigenvalue weighted by molar-refractivity contribution is 0.199. The molecular formula is C15H20FNO2. The largest absolute Gasteiger partial charge is 0.389 e. The van der Waals surface area contributed by atoms with Gasteiger partial charge in [-0.25, -0.2) is 4.39 Å². The zero-order valence-electron chi connectivity index (χ0n) is 11.4. The molecule has 2 rings (SSSR count). The topological polar surface area (TPSA) is 32.7 Å². The predicted molar refractivity (Wildman–Crippen MR) is 73.8 cm³/mol. The number of hydrogen-bond donors (Lipinski definition) is 1. The Morgan fingerprint density at radius 2 is 2.26 bits per heavy atom. The Labute approximate surface area is 113 Å². The number of halogens is 1. The molecule has 0 amide bonds. The van der Waals surface area contributed by atoms with E-state index in [1.165, 1.54) is 17.7 Å². The maximum absolute atomic E-state index is 13.3. The van der Waals surface area contributed by atoms with Gasteiger partial charge < -0.3 is 14.7 Å². The number of aliphatic hydroxyl groups excluding tert-OH is 1. The third-order valence-electron chi connectivity index (χ3n) is 3.41. The third-order valence-corrected chi connectivity index (χ3v) is 3.41. The second-order valence-electron chi connectivity index (χ2n) is 4.87. The first-order valence-electron chi connectivity index (χ1n) is 6.51. The molecule has 1 aromatic rings. The maximum atomic E-state index is 13.3. The SMILES string of the molecule is COCC1=CCN(c2ccc(F)cc2C(C)O)CC1.